The van der Waals surface area contributed by atoms with E-state index in [-0.39, 0.29) is 0 Å². The van der Waals surface area contributed by atoms with Gasteiger partial charge in [0.05, 0.1) is 37.8 Å². The molecule has 0 saturated carbocycles. The topological polar surface area (TPSA) is 49.2 Å². The van der Waals surface area contributed by atoms with Crippen LogP contribution in [0.15, 0.2) is 53.8 Å². The number of methoxy groups -OCH3 is 2. The average molecular weight is 365 g/mol. The highest BCUT2D eigenvalue weighted by atomic mass is 32.2. The number of rotatable bonds is 5. The first-order valence-corrected chi connectivity index (χ1v) is 9.44. The van der Waals surface area contributed by atoms with Crippen LogP contribution in [-0.2, 0) is 6.54 Å². The molecule has 6 heteroatoms. The van der Waals surface area contributed by atoms with Gasteiger partial charge in [-0.15, -0.1) is 11.8 Å². The molecule has 0 saturated heterocycles. The Hall–Kier alpha value is -2.73. The average Bonchev–Trinajstić information content (AvgIpc) is 3.10. The van der Waals surface area contributed by atoms with Crippen molar-refractivity contribution in [2.45, 2.75) is 11.4 Å². The predicted molar refractivity (Wildman–Crippen MR) is 105 cm³/mol. The standard InChI is InChI=1S/C20H19N3O2S/c1-24-18-8-15-16(9-19(18)25-2)21-10-17-20(15)23(12-22-17)11-13-4-6-14(26-3)7-5-13/h4-10,12H,11H2,1-3H3. The van der Waals surface area contributed by atoms with Crippen molar-refractivity contribution >= 4 is 33.7 Å². The Morgan fingerprint density at radius 2 is 1.69 bits per heavy atom. The van der Waals surface area contributed by atoms with Gasteiger partial charge in [0, 0.05) is 22.9 Å². The normalized spacial score (nSPS) is 11.2. The zero-order chi connectivity index (χ0) is 18.1. The smallest absolute Gasteiger partial charge is 0.162 e. The maximum atomic E-state index is 5.47. The summed E-state index contributed by atoms with van der Waals surface area (Å²) in [6, 6.07) is 12.5. The summed E-state index contributed by atoms with van der Waals surface area (Å²) < 4.78 is 13.0. The van der Waals surface area contributed by atoms with Gasteiger partial charge in [0.2, 0.25) is 0 Å². The van der Waals surface area contributed by atoms with E-state index in [0.717, 1.165) is 28.5 Å². The molecule has 2 heterocycles. The SMILES string of the molecule is COc1cc2ncc3ncn(Cc4ccc(SC)cc4)c3c2cc1OC. The summed E-state index contributed by atoms with van der Waals surface area (Å²) >= 11 is 1.74. The monoisotopic (exact) mass is 365 g/mol. The summed E-state index contributed by atoms with van der Waals surface area (Å²) in [4.78, 5) is 10.3. The first kappa shape index (κ1) is 16.7. The molecular weight excluding hydrogens is 346 g/mol. The predicted octanol–water partition coefficient (Wildman–Crippen LogP) is 4.37. The minimum Gasteiger partial charge on any atom is -0.493 e. The third-order valence-electron chi connectivity index (χ3n) is 4.46. The van der Waals surface area contributed by atoms with Gasteiger partial charge in [-0.05, 0) is 30.0 Å². The van der Waals surface area contributed by atoms with E-state index in [1.165, 1.54) is 10.5 Å². The molecule has 4 aromatic rings. The van der Waals surface area contributed by atoms with Crippen LogP contribution in [0, 0.1) is 0 Å². The number of hydrogen-bond acceptors (Lipinski definition) is 5. The second kappa shape index (κ2) is 6.88. The Balaban J connectivity index is 1.85. The van der Waals surface area contributed by atoms with Crippen LogP contribution in [0.5, 0.6) is 11.5 Å². The molecule has 0 aliphatic heterocycles. The van der Waals surface area contributed by atoms with E-state index in [4.69, 9.17) is 9.47 Å². The summed E-state index contributed by atoms with van der Waals surface area (Å²) in [6.07, 6.45) is 5.75. The molecule has 0 aliphatic carbocycles. The lowest BCUT2D eigenvalue weighted by Gasteiger charge is -2.11. The van der Waals surface area contributed by atoms with Crippen LogP contribution in [0.2, 0.25) is 0 Å². The Labute approximate surface area is 156 Å². The minimum atomic E-state index is 0.672. The van der Waals surface area contributed by atoms with Crippen molar-refractivity contribution in [1.29, 1.82) is 0 Å². The van der Waals surface area contributed by atoms with Crippen molar-refractivity contribution in [2.24, 2.45) is 0 Å². The Morgan fingerprint density at radius 3 is 2.38 bits per heavy atom. The molecule has 0 radical (unpaired) electrons. The maximum Gasteiger partial charge on any atom is 0.162 e. The second-order valence-corrected chi connectivity index (χ2v) is 6.82. The van der Waals surface area contributed by atoms with Crippen LogP contribution in [-0.4, -0.2) is 35.0 Å². The van der Waals surface area contributed by atoms with Crippen molar-refractivity contribution in [3.63, 3.8) is 0 Å². The van der Waals surface area contributed by atoms with Crippen LogP contribution in [0.3, 0.4) is 0 Å². The van der Waals surface area contributed by atoms with Crippen LogP contribution in [0.4, 0.5) is 0 Å². The summed E-state index contributed by atoms with van der Waals surface area (Å²) in [5, 5.41) is 0.999. The molecule has 0 bridgehead atoms. The molecule has 5 nitrogen and oxygen atoms in total. The Kier molecular flexibility index (Phi) is 4.42. The molecule has 26 heavy (non-hydrogen) atoms. The lowest BCUT2D eigenvalue weighted by Crippen LogP contribution is -1.99. The van der Waals surface area contributed by atoms with Crippen molar-refractivity contribution in [2.75, 3.05) is 20.5 Å². The number of aromatic nitrogens is 3. The van der Waals surface area contributed by atoms with Crippen LogP contribution >= 0.6 is 11.8 Å². The fraction of sp³-hybridized carbons (Fsp3) is 0.200. The lowest BCUT2D eigenvalue weighted by atomic mass is 10.1. The van der Waals surface area contributed by atoms with Gasteiger partial charge in [-0.3, -0.25) is 4.98 Å². The minimum absolute atomic E-state index is 0.672. The molecule has 132 valence electrons. The van der Waals surface area contributed by atoms with Crippen LogP contribution < -0.4 is 9.47 Å². The van der Waals surface area contributed by atoms with Gasteiger partial charge in [0.15, 0.2) is 11.5 Å². The van der Waals surface area contributed by atoms with Gasteiger partial charge in [0.25, 0.3) is 0 Å². The van der Waals surface area contributed by atoms with E-state index in [1.807, 2.05) is 18.5 Å². The molecule has 4 rings (SSSR count). The van der Waals surface area contributed by atoms with Gasteiger partial charge in [-0.25, -0.2) is 4.98 Å². The zero-order valence-electron chi connectivity index (χ0n) is 14.9. The summed E-state index contributed by atoms with van der Waals surface area (Å²) in [6.45, 7) is 0.749. The number of imidazole rings is 1. The molecule has 0 spiro atoms. The molecule has 0 N–H and O–H groups in total. The number of fused-ring (bicyclic) bond motifs is 3. The van der Waals surface area contributed by atoms with E-state index in [9.17, 15) is 0 Å². The summed E-state index contributed by atoms with van der Waals surface area (Å²) in [7, 11) is 3.27. The van der Waals surface area contributed by atoms with E-state index in [2.05, 4.69) is 45.1 Å². The number of benzene rings is 2. The van der Waals surface area contributed by atoms with Gasteiger partial charge in [-0.2, -0.15) is 0 Å². The first-order valence-electron chi connectivity index (χ1n) is 8.22. The van der Waals surface area contributed by atoms with Crippen LogP contribution in [0.1, 0.15) is 5.56 Å². The highest BCUT2D eigenvalue weighted by Crippen LogP contribution is 2.34. The fourth-order valence-corrected chi connectivity index (χ4v) is 3.54. The molecule has 0 fully saturated rings. The second-order valence-electron chi connectivity index (χ2n) is 5.94. The largest absolute Gasteiger partial charge is 0.493 e. The van der Waals surface area contributed by atoms with Gasteiger partial charge in [-0.1, -0.05) is 12.1 Å². The molecule has 0 unspecified atom stereocenters. The van der Waals surface area contributed by atoms with Crippen molar-refractivity contribution in [1.82, 2.24) is 14.5 Å². The Bertz CT molecular complexity index is 1070. The van der Waals surface area contributed by atoms with Crippen LogP contribution in [0.25, 0.3) is 21.9 Å². The number of pyridine rings is 1. The molecular formula is C20H19N3O2S. The molecule has 2 aromatic carbocycles. The fourth-order valence-electron chi connectivity index (χ4n) is 3.13. The lowest BCUT2D eigenvalue weighted by molar-refractivity contribution is 0.356. The Morgan fingerprint density at radius 1 is 0.962 bits per heavy atom. The van der Waals surface area contributed by atoms with Gasteiger partial charge in [0.1, 0.15) is 5.52 Å². The molecule has 0 amide bonds. The van der Waals surface area contributed by atoms with E-state index < -0.39 is 0 Å². The quantitative estimate of drug-likeness (QED) is 0.492. The zero-order valence-corrected chi connectivity index (χ0v) is 15.7. The number of hydrogen-bond donors (Lipinski definition) is 0. The van der Waals surface area contributed by atoms with Crippen molar-refractivity contribution < 1.29 is 9.47 Å². The highest BCUT2D eigenvalue weighted by molar-refractivity contribution is 7.98. The van der Waals surface area contributed by atoms with E-state index in [1.54, 1.807) is 32.2 Å². The molecule has 0 aliphatic rings. The number of ether oxygens (including phenoxy) is 2. The first-order chi connectivity index (χ1) is 12.7. The highest BCUT2D eigenvalue weighted by Gasteiger charge is 2.13. The van der Waals surface area contributed by atoms with Crippen molar-refractivity contribution in [3.05, 3.63) is 54.5 Å². The van der Waals surface area contributed by atoms with Gasteiger partial charge < -0.3 is 14.0 Å². The van der Waals surface area contributed by atoms with Gasteiger partial charge >= 0.3 is 0 Å². The van der Waals surface area contributed by atoms with E-state index in [0.29, 0.717) is 11.5 Å². The summed E-state index contributed by atoms with van der Waals surface area (Å²) in [5.74, 6) is 1.36. The third kappa shape index (κ3) is 2.86. The van der Waals surface area contributed by atoms with E-state index >= 15 is 0 Å². The third-order valence-corrected chi connectivity index (χ3v) is 5.20. The summed E-state index contributed by atoms with van der Waals surface area (Å²) in [5.41, 5.74) is 4.00. The number of nitrogens with zero attached hydrogens (tertiary/aromatic N) is 3. The number of thioether (sulfide) groups is 1. The molecule has 2 aromatic heterocycles. The maximum absolute atomic E-state index is 5.47. The molecule has 0 atom stereocenters. The van der Waals surface area contributed by atoms with Crippen molar-refractivity contribution in [3.8, 4) is 11.5 Å².